The molecule has 0 radical (unpaired) electrons. The highest BCUT2D eigenvalue weighted by molar-refractivity contribution is 14.1. The Bertz CT molecular complexity index is 1070. The second-order valence-electron chi connectivity index (χ2n) is 7.72. The molecule has 0 nitrogen and oxygen atoms in total. The summed E-state index contributed by atoms with van der Waals surface area (Å²) in [6.45, 7) is 6.68. The van der Waals surface area contributed by atoms with Gasteiger partial charge in [0.2, 0.25) is 0 Å². The van der Waals surface area contributed by atoms with Crippen molar-refractivity contribution in [1.29, 1.82) is 0 Å². The minimum atomic E-state index is 0.237. The summed E-state index contributed by atoms with van der Waals surface area (Å²) in [6.07, 6.45) is 0. The molecule has 0 spiro atoms. The third-order valence-electron chi connectivity index (χ3n) is 5.62. The molecule has 4 rings (SSSR count). The first-order chi connectivity index (χ1) is 14.1. The van der Waals surface area contributed by atoms with Crippen molar-refractivity contribution < 1.29 is 0 Å². The van der Waals surface area contributed by atoms with E-state index in [9.17, 15) is 0 Å². The Balaban J connectivity index is 1.89. The summed E-state index contributed by atoms with van der Waals surface area (Å²) in [7, 11) is 0. The maximum absolute atomic E-state index is 2.48. The average molecular weight is 488 g/mol. The van der Waals surface area contributed by atoms with Gasteiger partial charge in [0.25, 0.3) is 0 Å². The molecule has 0 aliphatic rings. The Kier molecular flexibility index (Phi) is 5.86. The molecule has 29 heavy (non-hydrogen) atoms. The predicted molar refractivity (Wildman–Crippen MR) is 133 cm³/mol. The molecule has 0 bridgehead atoms. The molecule has 144 valence electrons. The van der Waals surface area contributed by atoms with Crippen LogP contribution in [0.4, 0.5) is 0 Å². The number of halogens is 1. The molecule has 0 heterocycles. The topological polar surface area (TPSA) is 0 Å². The molecule has 4 aromatic rings. The predicted octanol–water partition coefficient (Wildman–Crippen LogP) is 8.06. The van der Waals surface area contributed by atoms with Gasteiger partial charge in [0.15, 0.2) is 0 Å². The molecule has 0 unspecified atom stereocenters. The van der Waals surface area contributed by atoms with Crippen molar-refractivity contribution in [2.75, 3.05) is 0 Å². The molecule has 0 aromatic heterocycles. The molecule has 1 heteroatoms. The lowest BCUT2D eigenvalue weighted by Gasteiger charge is -2.22. The Morgan fingerprint density at radius 3 is 1.59 bits per heavy atom. The summed E-state index contributed by atoms with van der Waals surface area (Å²) in [5.74, 6) is 0.237. The van der Waals surface area contributed by atoms with Gasteiger partial charge >= 0.3 is 0 Å². The third-order valence-corrected chi connectivity index (χ3v) is 7.05. The van der Waals surface area contributed by atoms with Gasteiger partial charge in [0.1, 0.15) is 0 Å². The SMILES string of the molecule is Cc1cccc(-c2c(C)cc(C(c3ccccc3)c3ccccc3)cc2C)c1I. The Morgan fingerprint density at radius 2 is 1.07 bits per heavy atom. The molecular weight excluding hydrogens is 463 g/mol. The van der Waals surface area contributed by atoms with Gasteiger partial charge in [-0.2, -0.15) is 0 Å². The maximum Gasteiger partial charge on any atom is 0.0340 e. The third kappa shape index (κ3) is 4.02. The van der Waals surface area contributed by atoms with E-state index in [1.807, 2.05) is 0 Å². The van der Waals surface area contributed by atoms with E-state index in [1.54, 1.807) is 0 Å². The van der Waals surface area contributed by atoms with Crippen LogP contribution in [0.5, 0.6) is 0 Å². The van der Waals surface area contributed by atoms with Gasteiger partial charge in [-0.05, 0) is 87.9 Å². The molecule has 0 saturated carbocycles. The number of aryl methyl sites for hydroxylation is 3. The number of hydrogen-bond donors (Lipinski definition) is 0. The summed E-state index contributed by atoms with van der Waals surface area (Å²) >= 11 is 2.48. The van der Waals surface area contributed by atoms with Gasteiger partial charge in [-0.25, -0.2) is 0 Å². The fourth-order valence-corrected chi connectivity index (χ4v) is 4.93. The van der Waals surface area contributed by atoms with Crippen LogP contribution in [0.3, 0.4) is 0 Å². The molecule has 4 aromatic carbocycles. The average Bonchev–Trinajstić information content (AvgIpc) is 2.72. The van der Waals surface area contributed by atoms with E-state index in [4.69, 9.17) is 0 Å². The summed E-state index contributed by atoms with van der Waals surface area (Å²) in [4.78, 5) is 0. The van der Waals surface area contributed by atoms with Crippen molar-refractivity contribution in [3.05, 3.63) is 128 Å². The van der Waals surface area contributed by atoms with Crippen molar-refractivity contribution in [2.45, 2.75) is 26.7 Å². The van der Waals surface area contributed by atoms with Crippen LogP contribution in [0, 0.1) is 24.3 Å². The molecule has 0 N–H and O–H groups in total. The minimum Gasteiger partial charge on any atom is -0.0622 e. The molecule has 0 saturated heterocycles. The second-order valence-corrected chi connectivity index (χ2v) is 8.80. The molecular formula is C28H25I. The highest BCUT2D eigenvalue weighted by Gasteiger charge is 2.19. The van der Waals surface area contributed by atoms with Crippen LogP contribution in [0.2, 0.25) is 0 Å². The van der Waals surface area contributed by atoms with Crippen LogP contribution in [-0.2, 0) is 0 Å². The molecule has 0 aliphatic heterocycles. The largest absolute Gasteiger partial charge is 0.0622 e. The first-order valence-corrected chi connectivity index (χ1v) is 11.1. The zero-order valence-electron chi connectivity index (χ0n) is 17.1. The van der Waals surface area contributed by atoms with Gasteiger partial charge in [-0.15, -0.1) is 0 Å². The summed E-state index contributed by atoms with van der Waals surface area (Å²) in [5.41, 5.74) is 10.7. The second kappa shape index (κ2) is 8.54. The Labute approximate surface area is 187 Å². The minimum absolute atomic E-state index is 0.237. The molecule has 0 aliphatic carbocycles. The number of hydrogen-bond acceptors (Lipinski definition) is 0. The standard InChI is InChI=1S/C28H25I/c1-19-11-10-16-25(28(19)29)26-20(2)17-24(18-21(26)3)27(22-12-6-4-7-13-22)23-14-8-5-9-15-23/h4-18,27H,1-3H3. The van der Waals surface area contributed by atoms with E-state index in [0.29, 0.717) is 0 Å². The first-order valence-electron chi connectivity index (χ1n) is 10.0. The quantitative estimate of drug-likeness (QED) is 0.201. The van der Waals surface area contributed by atoms with Crippen LogP contribution in [-0.4, -0.2) is 0 Å². The summed E-state index contributed by atoms with van der Waals surface area (Å²) < 4.78 is 1.34. The fraction of sp³-hybridized carbons (Fsp3) is 0.143. The highest BCUT2D eigenvalue weighted by Crippen LogP contribution is 2.38. The van der Waals surface area contributed by atoms with Crippen LogP contribution in [0.1, 0.15) is 39.3 Å². The van der Waals surface area contributed by atoms with Gasteiger partial charge in [-0.1, -0.05) is 91.0 Å². The first kappa shape index (κ1) is 19.9. The van der Waals surface area contributed by atoms with E-state index in [1.165, 1.54) is 48.1 Å². The lowest BCUT2D eigenvalue weighted by molar-refractivity contribution is 0.971. The zero-order valence-corrected chi connectivity index (χ0v) is 19.3. The van der Waals surface area contributed by atoms with E-state index >= 15 is 0 Å². The van der Waals surface area contributed by atoms with E-state index in [-0.39, 0.29) is 5.92 Å². The Hall–Kier alpha value is -2.39. The fourth-order valence-electron chi connectivity index (χ4n) is 4.30. The zero-order chi connectivity index (χ0) is 20.4. The van der Waals surface area contributed by atoms with Crippen molar-refractivity contribution >= 4 is 22.6 Å². The van der Waals surface area contributed by atoms with E-state index in [2.05, 4.69) is 134 Å². The lowest BCUT2D eigenvalue weighted by Crippen LogP contribution is -2.05. The van der Waals surface area contributed by atoms with Crippen LogP contribution >= 0.6 is 22.6 Å². The van der Waals surface area contributed by atoms with Gasteiger partial charge < -0.3 is 0 Å². The summed E-state index contributed by atoms with van der Waals surface area (Å²) in [6, 6.07) is 33.0. The van der Waals surface area contributed by atoms with E-state index < -0.39 is 0 Å². The van der Waals surface area contributed by atoms with Crippen molar-refractivity contribution in [3.63, 3.8) is 0 Å². The highest BCUT2D eigenvalue weighted by atomic mass is 127. The van der Waals surface area contributed by atoms with Gasteiger partial charge in [0, 0.05) is 9.49 Å². The van der Waals surface area contributed by atoms with Crippen molar-refractivity contribution in [3.8, 4) is 11.1 Å². The van der Waals surface area contributed by atoms with Crippen LogP contribution < -0.4 is 0 Å². The van der Waals surface area contributed by atoms with Gasteiger partial charge in [0.05, 0.1) is 0 Å². The maximum atomic E-state index is 2.48. The lowest BCUT2D eigenvalue weighted by atomic mass is 9.82. The summed E-state index contributed by atoms with van der Waals surface area (Å²) in [5, 5.41) is 0. The molecule has 0 amide bonds. The van der Waals surface area contributed by atoms with Crippen molar-refractivity contribution in [1.82, 2.24) is 0 Å². The van der Waals surface area contributed by atoms with Crippen LogP contribution in [0.15, 0.2) is 91.0 Å². The number of rotatable bonds is 4. The molecule has 0 fully saturated rings. The van der Waals surface area contributed by atoms with Crippen molar-refractivity contribution in [2.24, 2.45) is 0 Å². The van der Waals surface area contributed by atoms with Crippen LogP contribution in [0.25, 0.3) is 11.1 Å². The number of benzene rings is 4. The smallest absolute Gasteiger partial charge is 0.0340 e. The normalized spacial score (nSPS) is 11.1. The van der Waals surface area contributed by atoms with Gasteiger partial charge in [-0.3, -0.25) is 0 Å². The Morgan fingerprint density at radius 1 is 0.552 bits per heavy atom. The monoisotopic (exact) mass is 488 g/mol. The molecule has 0 atom stereocenters. The van der Waals surface area contributed by atoms with E-state index in [0.717, 1.165) is 0 Å².